The Labute approximate surface area is 209 Å². The summed E-state index contributed by atoms with van der Waals surface area (Å²) in [5.41, 5.74) is 8.30. The third kappa shape index (κ3) is 3.77. The zero-order valence-electron chi connectivity index (χ0n) is 20.9. The van der Waals surface area contributed by atoms with Gasteiger partial charge in [-0.1, -0.05) is 17.3 Å². The number of aromatic nitrogens is 6. The number of hydrogen-bond donors (Lipinski definition) is 1. The van der Waals surface area contributed by atoms with Crippen LogP contribution in [0.15, 0.2) is 73.0 Å². The molecule has 1 atom stereocenters. The van der Waals surface area contributed by atoms with Crippen LogP contribution in [0, 0.1) is 0 Å². The van der Waals surface area contributed by atoms with Crippen molar-refractivity contribution in [2.45, 2.75) is 19.5 Å². The van der Waals surface area contributed by atoms with Crippen LogP contribution in [0.5, 0.6) is 0 Å². The van der Waals surface area contributed by atoms with E-state index in [1.165, 1.54) is 16.5 Å². The predicted molar refractivity (Wildman–Crippen MR) is 142 cm³/mol. The molecule has 0 bridgehead atoms. The summed E-state index contributed by atoms with van der Waals surface area (Å²) in [6.45, 7) is 3.64. The predicted octanol–water partition coefficient (Wildman–Crippen LogP) is 4.23. The van der Waals surface area contributed by atoms with E-state index in [2.05, 4.69) is 112 Å². The molecular formula is C27H29N9. The molecule has 0 aliphatic carbocycles. The van der Waals surface area contributed by atoms with Crippen LogP contribution in [0.25, 0.3) is 33.1 Å². The van der Waals surface area contributed by atoms with Crippen molar-refractivity contribution in [1.29, 1.82) is 0 Å². The SMILES string of the molecule is CCn1nncc1C(Nc1cc(-c2ccc3ccn(C)c3c2)c2nccnc2c1)C1=CN(C)N(C)C1. The first-order valence-corrected chi connectivity index (χ1v) is 12.1. The Balaban J connectivity index is 1.48. The number of nitrogens with one attached hydrogen (secondary N) is 1. The molecule has 3 aromatic heterocycles. The first kappa shape index (κ1) is 22.2. The fourth-order valence-corrected chi connectivity index (χ4v) is 4.99. The van der Waals surface area contributed by atoms with E-state index in [4.69, 9.17) is 4.98 Å². The molecule has 1 aliphatic heterocycles. The van der Waals surface area contributed by atoms with Crippen molar-refractivity contribution in [1.82, 2.24) is 39.5 Å². The summed E-state index contributed by atoms with van der Waals surface area (Å²) in [5, 5.41) is 17.8. The third-order valence-electron chi connectivity index (χ3n) is 7.00. The van der Waals surface area contributed by atoms with Crippen molar-refractivity contribution >= 4 is 27.6 Å². The molecule has 0 spiro atoms. The molecule has 1 aliphatic rings. The second-order valence-corrected chi connectivity index (χ2v) is 9.29. The smallest absolute Gasteiger partial charge is 0.0966 e. The third-order valence-corrected chi connectivity index (χ3v) is 7.00. The van der Waals surface area contributed by atoms with E-state index in [0.29, 0.717) is 0 Å². The summed E-state index contributed by atoms with van der Waals surface area (Å²) >= 11 is 0. The first-order valence-electron chi connectivity index (χ1n) is 12.1. The molecule has 1 N–H and O–H groups in total. The highest BCUT2D eigenvalue weighted by atomic mass is 15.6. The Hall–Kier alpha value is -4.24. The Morgan fingerprint density at radius 1 is 1.03 bits per heavy atom. The summed E-state index contributed by atoms with van der Waals surface area (Å²) in [6, 6.07) is 12.8. The molecule has 2 aromatic carbocycles. The van der Waals surface area contributed by atoms with Crippen LogP contribution in [0.2, 0.25) is 0 Å². The zero-order chi connectivity index (χ0) is 24.8. The van der Waals surface area contributed by atoms with E-state index in [-0.39, 0.29) is 6.04 Å². The summed E-state index contributed by atoms with van der Waals surface area (Å²) in [7, 11) is 6.21. The van der Waals surface area contributed by atoms with Gasteiger partial charge < -0.3 is 14.9 Å². The maximum atomic E-state index is 4.70. The van der Waals surface area contributed by atoms with Gasteiger partial charge in [-0.15, -0.1) is 5.10 Å². The number of benzene rings is 2. The van der Waals surface area contributed by atoms with Crippen LogP contribution < -0.4 is 5.32 Å². The molecule has 4 heterocycles. The average Bonchev–Trinajstić information content (AvgIpc) is 3.61. The van der Waals surface area contributed by atoms with Crippen LogP contribution in [0.4, 0.5) is 5.69 Å². The van der Waals surface area contributed by atoms with Gasteiger partial charge in [0.2, 0.25) is 0 Å². The Bertz CT molecular complexity index is 1600. The van der Waals surface area contributed by atoms with E-state index in [1.54, 1.807) is 12.4 Å². The van der Waals surface area contributed by atoms with Gasteiger partial charge in [0, 0.05) is 75.8 Å². The van der Waals surface area contributed by atoms with Gasteiger partial charge in [0.25, 0.3) is 0 Å². The lowest BCUT2D eigenvalue weighted by Gasteiger charge is -2.23. The van der Waals surface area contributed by atoms with Gasteiger partial charge in [-0.3, -0.25) is 9.97 Å². The Morgan fingerprint density at radius 2 is 1.89 bits per heavy atom. The summed E-state index contributed by atoms with van der Waals surface area (Å²) in [4.78, 5) is 9.35. The van der Waals surface area contributed by atoms with Gasteiger partial charge in [0.1, 0.15) is 0 Å². The minimum absolute atomic E-state index is 0.0929. The minimum atomic E-state index is -0.0929. The van der Waals surface area contributed by atoms with Crippen LogP contribution in [-0.2, 0) is 13.6 Å². The van der Waals surface area contributed by atoms with Crippen molar-refractivity contribution in [2.24, 2.45) is 7.05 Å². The number of aryl methyl sites for hydroxylation is 2. The standard InChI is InChI=1S/C27H29N9/c1-5-36-25(15-30-32-36)26(20-16-34(3)35(4)17-20)31-21-13-22(27-23(14-21)28-9-10-29-27)19-7-6-18-8-11-33(2)24(18)12-19/h6-16,26,31H,5,17H2,1-4H3. The largest absolute Gasteiger partial charge is 0.373 e. The van der Waals surface area contributed by atoms with Crippen LogP contribution in [0.3, 0.4) is 0 Å². The number of likely N-dealkylation sites (N-methyl/N-ethyl adjacent to an activating group) is 1. The summed E-state index contributed by atoms with van der Waals surface area (Å²) in [6.07, 6.45) is 9.61. The second-order valence-electron chi connectivity index (χ2n) is 9.29. The molecule has 0 saturated heterocycles. The quantitative estimate of drug-likeness (QED) is 0.390. The minimum Gasteiger partial charge on any atom is -0.373 e. The van der Waals surface area contributed by atoms with E-state index >= 15 is 0 Å². The zero-order valence-corrected chi connectivity index (χ0v) is 20.9. The van der Waals surface area contributed by atoms with Gasteiger partial charge in [-0.25, -0.2) is 9.69 Å². The van der Waals surface area contributed by atoms with Crippen LogP contribution in [0.1, 0.15) is 18.7 Å². The molecule has 36 heavy (non-hydrogen) atoms. The highest BCUT2D eigenvalue weighted by Gasteiger charge is 2.27. The number of rotatable bonds is 6. The maximum absolute atomic E-state index is 4.70. The lowest BCUT2D eigenvalue weighted by Crippen LogP contribution is -2.28. The molecule has 5 aromatic rings. The van der Waals surface area contributed by atoms with Gasteiger partial charge in [-0.2, -0.15) is 0 Å². The van der Waals surface area contributed by atoms with Crippen molar-refractivity contribution in [3.8, 4) is 11.1 Å². The van der Waals surface area contributed by atoms with Crippen molar-refractivity contribution in [3.05, 3.63) is 78.7 Å². The maximum Gasteiger partial charge on any atom is 0.0966 e. The second kappa shape index (κ2) is 8.76. The van der Waals surface area contributed by atoms with Gasteiger partial charge in [-0.05, 0) is 47.7 Å². The van der Waals surface area contributed by atoms with E-state index in [9.17, 15) is 0 Å². The van der Waals surface area contributed by atoms with E-state index < -0.39 is 0 Å². The van der Waals surface area contributed by atoms with Gasteiger partial charge in [0.15, 0.2) is 0 Å². The Kier molecular flexibility index (Phi) is 5.41. The van der Waals surface area contributed by atoms with Gasteiger partial charge >= 0.3 is 0 Å². The molecular weight excluding hydrogens is 450 g/mol. The lowest BCUT2D eigenvalue weighted by atomic mass is 10.00. The molecule has 182 valence electrons. The monoisotopic (exact) mass is 479 g/mol. The van der Waals surface area contributed by atoms with Crippen LogP contribution >= 0.6 is 0 Å². The van der Waals surface area contributed by atoms with Crippen molar-refractivity contribution < 1.29 is 0 Å². The highest BCUT2D eigenvalue weighted by Crippen LogP contribution is 2.35. The molecule has 0 saturated carbocycles. The van der Waals surface area contributed by atoms with Gasteiger partial charge in [0.05, 0.1) is 29.0 Å². The fraction of sp³-hybridized carbons (Fsp3) is 0.259. The number of hydrazine groups is 1. The average molecular weight is 480 g/mol. The van der Waals surface area contributed by atoms with Crippen LogP contribution in [-0.4, -0.2) is 60.2 Å². The molecule has 0 radical (unpaired) electrons. The molecule has 1 unspecified atom stereocenters. The first-order chi connectivity index (χ1) is 17.5. The fourth-order valence-electron chi connectivity index (χ4n) is 4.99. The topological polar surface area (TPSA) is 79.9 Å². The summed E-state index contributed by atoms with van der Waals surface area (Å²) < 4.78 is 4.09. The number of anilines is 1. The number of fused-ring (bicyclic) bond motifs is 2. The molecule has 9 heteroatoms. The number of hydrogen-bond acceptors (Lipinski definition) is 7. The van der Waals surface area contributed by atoms with E-state index in [0.717, 1.165) is 46.6 Å². The lowest BCUT2D eigenvalue weighted by molar-refractivity contribution is 0.116. The summed E-state index contributed by atoms with van der Waals surface area (Å²) in [5.74, 6) is 0. The highest BCUT2D eigenvalue weighted by molar-refractivity contribution is 5.97. The van der Waals surface area contributed by atoms with E-state index in [1.807, 2.05) is 10.9 Å². The molecule has 0 fully saturated rings. The van der Waals surface area contributed by atoms with Crippen molar-refractivity contribution in [2.75, 3.05) is 26.0 Å². The molecule has 6 rings (SSSR count). The van der Waals surface area contributed by atoms with Crippen molar-refractivity contribution in [3.63, 3.8) is 0 Å². The normalized spacial score (nSPS) is 15.1. The molecule has 9 nitrogen and oxygen atoms in total. The Morgan fingerprint density at radius 3 is 2.69 bits per heavy atom. The number of nitrogens with zero attached hydrogens (tertiary/aromatic N) is 8. The molecule has 0 amide bonds.